The predicted octanol–water partition coefficient (Wildman–Crippen LogP) is 4.48. The molecule has 0 spiro atoms. The van der Waals surface area contributed by atoms with Crippen LogP contribution in [0.1, 0.15) is 57.2 Å². The zero-order valence-corrected chi connectivity index (χ0v) is 13.3. The van der Waals surface area contributed by atoms with Crippen molar-refractivity contribution in [1.82, 2.24) is 0 Å². The molecule has 0 saturated heterocycles. The van der Waals surface area contributed by atoms with E-state index >= 15 is 0 Å². The van der Waals surface area contributed by atoms with Gasteiger partial charge in [0.05, 0.1) is 7.11 Å². The van der Waals surface area contributed by atoms with Crippen molar-refractivity contribution in [2.75, 3.05) is 7.11 Å². The minimum absolute atomic E-state index is 0.0282. The highest BCUT2D eigenvalue weighted by Crippen LogP contribution is 2.53. The number of rotatable bonds is 3. The molecule has 0 heterocycles. The van der Waals surface area contributed by atoms with Crippen molar-refractivity contribution in [2.24, 2.45) is 0 Å². The first kappa shape index (κ1) is 15.0. The maximum atomic E-state index is 10.8. The Labute approximate surface area is 122 Å². The third-order valence-corrected chi connectivity index (χ3v) is 4.66. The van der Waals surface area contributed by atoms with Gasteiger partial charge >= 0.3 is 0 Å². The Kier molecular flexibility index (Phi) is 3.62. The molecule has 20 heavy (non-hydrogen) atoms. The zero-order chi connectivity index (χ0) is 15.1. The Morgan fingerprint density at radius 2 is 1.75 bits per heavy atom. The fraction of sp³-hybridized carbons (Fsp3) is 0.556. The lowest BCUT2D eigenvalue weighted by atomic mass is 9.62. The molecule has 1 aromatic rings. The largest absolute Gasteiger partial charge is 0.507 e. The van der Waals surface area contributed by atoms with Gasteiger partial charge in [-0.05, 0) is 36.2 Å². The first-order chi connectivity index (χ1) is 9.24. The number of phenolic OH excluding ortho intramolecular Hbond substituents is 1. The molecule has 0 bridgehead atoms. The van der Waals surface area contributed by atoms with Crippen LogP contribution in [-0.2, 0) is 17.3 Å². The van der Waals surface area contributed by atoms with Crippen LogP contribution in [0.15, 0.2) is 18.7 Å². The van der Waals surface area contributed by atoms with Gasteiger partial charge in [0.1, 0.15) is 11.5 Å². The monoisotopic (exact) mass is 274 g/mol. The number of phenols is 1. The summed E-state index contributed by atoms with van der Waals surface area (Å²) >= 11 is 0. The van der Waals surface area contributed by atoms with Crippen molar-refractivity contribution < 1.29 is 9.84 Å². The van der Waals surface area contributed by atoms with Gasteiger partial charge in [-0.3, -0.25) is 0 Å². The number of benzene rings is 1. The van der Waals surface area contributed by atoms with Gasteiger partial charge in [-0.2, -0.15) is 0 Å². The van der Waals surface area contributed by atoms with Crippen molar-refractivity contribution in [2.45, 2.75) is 57.8 Å². The Balaban J connectivity index is 2.82. The van der Waals surface area contributed by atoms with Crippen molar-refractivity contribution in [3.8, 4) is 11.5 Å². The standard InChI is InChI=1S/C18H26O2/c1-7-8-12-11-13(20-6)14-15(16(12)19)18(4,5)10-9-17(14,2)3/h7,11,19H,1,8-10H2,2-6H3. The molecule has 1 aromatic carbocycles. The summed E-state index contributed by atoms with van der Waals surface area (Å²) in [5.41, 5.74) is 3.13. The van der Waals surface area contributed by atoms with Crippen molar-refractivity contribution >= 4 is 0 Å². The molecule has 2 heteroatoms. The molecule has 0 atom stereocenters. The summed E-state index contributed by atoms with van der Waals surface area (Å²) < 4.78 is 5.64. The van der Waals surface area contributed by atoms with Gasteiger partial charge in [0, 0.05) is 16.7 Å². The van der Waals surface area contributed by atoms with E-state index in [1.54, 1.807) is 7.11 Å². The molecule has 2 nitrogen and oxygen atoms in total. The zero-order valence-electron chi connectivity index (χ0n) is 13.3. The SMILES string of the molecule is C=CCc1cc(OC)c2c(c1O)C(C)(C)CCC2(C)C. The highest BCUT2D eigenvalue weighted by molar-refractivity contribution is 5.60. The molecule has 1 aliphatic carbocycles. The third kappa shape index (κ3) is 2.21. The molecule has 0 radical (unpaired) electrons. The Hall–Kier alpha value is -1.44. The van der Waals surface area contributed by atoms with Gasteiger partial charge in [0.2, 0.25) is 0 Å². The molecule has 110 valence electrons. The van der Waals surface area contributed by atoms with Crippen LogP contribution in [0.3, 0.4) is 0 Å². The van der Waals surface area contributed by atoms with Crippen LogP contribution in [0.4, 0.5) is 0 Å². The van der Waals surface area contributed by atoms with Gasteiger partial charge in [0.25, 0.3) is 0 Å². The number of allylic oxidation sites excluding steroid dienone is 1. The lowest BCUT2D eigenvalue weighted by Gasteiger charge is -2.43. The number of hydrogen-bond acceptors (Lipinski definition) is 2. The van der Waals surface area contributed by atoms with Gasteiger partial charge in [-0.15, -0.1) is 6.58 Å². The van der Waals surface area contributed by atoms with E-state index in [0.717, 1.165) is 29.7 Å². The summed E-state index contributed by atoms with van der Waals surface area (Å²) in [4.78, 5) is 0. The first-order valence-electron chi connectivity index (χ1n) is 7.29. The molecule has 1 N–H and O–H groups in total. The van der Waals surface area contributed by atoms with E-state index in [4.69, 9.17) is 4.74 Å². The van der Waals surface area contributed by atoms with Crippen LogP contribution in [0.5, 0.6) is 11.5 Å². The van der Waals surface area contributed by atoms with Gasteiger partial charge in [-0.25, -0.2) is 0 Å². The van der Waals surface area contributed by atoms with Gasteiger partial charge < -0.3 is 9.84 Å². The average molecular weight is 274 g/mol. The van der Waals surface area contributed by atoms with Crippen molar-refractivity contribution in [3.05, 3.63) is 35.4 Å². The van der Waals surface area contributed by atoms with E-state index in [1.165, 1.54) is 5.56 Å². The smallest absolute Gasteiger partial charge is 0.123 e. The lowest BCUT2D eigenvalue weighted by molar-refractivity contribution is 0.299. The molecule has 0 unspecified atom stereocenters. The number of fused-ring (bicyclic) bond motifs is 1. The molecule has 1 aliphatic rings. The van der Waals surface area contributed by atoms with Crippen LogP contribution < -0.4 is 4.74 Å². The number of hydrogen-bond donors (Lipinski definition) is 1. The van der Waals surface area contributed by atoms with Crippen LogP contribution >= 0.6 is 0 Å². The molecule has 0 aliphatic heterocycles. The summed E-state index contributed by atoms with van der Waals surface area (Å²) in [6.07, 6.45) is 4.65. The Bertz CT molecular complexity index is 539. The fourth-order valence-electron chi connectivity index (χ4n) is 3.38. The number of ether oxygens (including phenoxy) is 1. The number of methoxy groups -OCH3 is 1. The molecular weight excluding hydrogens is 248 g/mol. The summed E-state index contributed by atoms with van der Waals surface area (Å²) in [6, 6.07) is 1.97. The maximum absolute atomic E-state index is 10.8. The second-order valence-corrected chi connectivity index (χ2v) is 7.10. The van der Waals surface area contributed by atoms with E-state index < -0.39 is 0 Å². The number of aromatic hydroxyl groups is 1. The van der Waals surface area contributed by atoms with Crippen LogP contribution in [0.25, 0.3) is 0 Å². The summed E-state index contributed by atoms with van der Waals surface area (Å²) in [6.45, 7) is 12.7. The minimum atomic E-state index is -0.0284. The molecule has 0 saturated carbocycles. The molecule has 0 amide bonds. The summed E-state index contributed by atoms with van der Waals surface area (Å²) in [5.74, 6) is 1.32. The summed E-state index contributed by atoms with van der Waals surface area (Å²) in [7, 11) is 1.71. The average Bonchev–Trinajstić information content (AvgIpc) is 2.37. The second kappa shape index (κ2) is 4.83. The normalized spacial score (nSPS) is 19.2. The minimum Gasteiger partial charge on any atom is -0.507 e. The molecular formula is C18H26O2. The Morgan fingerprint density at radius 1 is 1.20 bits per heavy atom. The van der Waals surface area contributed by atoms with Gasteiger partial charge in [0.15, 0.2) is 0 Å². The maximum Gasteiger partial charge on any atom is 0.123 e. The highest BCUT2D eigenvalue weighted by atomic mass is 16.5. The van der Waals surface area contributed by atoms with Crippen LogP contribution in [-0.4, -0.2) is 12.2 Å². The van der Waals surface area contributed by atoms with Crippen molar-refractivity contribution in [1.29, 1.82) is 0 Å². The quantitative estimate of drug-likeness (QED) is 0.824. The van der Waals surface area contributed by atoms with E-state index in [0.29, 0.717) is 12.2 Å². The third-order valence-electron chi connectivity index (χ3n) is 4.66. The van der Waals surface area contributed by atoms with E-state index in [9.17, 15) is 5.11 Å². The topological polar surface area (TPSA) is 29.5 Å². The van der Waals surface area contributed by atoms with E-state index in [-0.39, 0.29) is 10.8 Å². The molecule has 2 rings (SSSR count). The van der Waals surface area contributed by atoms with E-state index in [1.807, 2.05) is 12.1 Å². The predicted molar refractivity (Wildman–Crippen MR) is 83.8 cm³/mol. The first-order valence-corrected chi connectivity index (χ1v) is 7.29. The van der Waals surface area contributed by atoms with Crippen LogP contribution in [0, 0.1) is 0 Å². The summed E-state index contributed by atoms with van der Waals surface area (Å²) in [5, 5.41) is 10.8. The lowest BCUT2D eigenvalue weighted by Crippen LogP contribution is -2.34. The highest BCUT2D eigenvalue weighted by Gasteiger charge is 2.41. The van der Waals surface area contributed by atoms with E-state index in [2.05, 4.69) is 34.3 Å². The second-order valence-electron chi connectivity index (χ2n) is 7.10. The van der Waals surface area contributed by atoms with Gasteiger partial charge in [-0.1, -0.05) is 33.8 Å². The Morgan fingerprint density at radius 3 is 2.25 bits per heavy atom. The van der Waals surface area contributed by atoms with Crippen LogP contribution in [0.2, 0.25) is 0 Å². The fourth-order valence-corrected chi connectivity index (χ4v) is 3.38. The van der Waals surface area contributed by atoms with Crippen molar-refractivity contribution in [3.63, 3.8) is 0 Å². The molecule has 0 aromatic heterocycles. The molecule has 0 fully saturated rings.